The number of urea groups is 1. The van der Waals surface area contributed by atoms with E-state index in [0.29, 0.717) is 28.7 Å². The van der Waals surface area contributed by atoms with Crippen molar-refractivity contribution in [1.29, 1.82) is 0 Å². The normalized spacial score (nSPS) is 23.8. The van der Waals surface area contributed by atoms with Crippen LogP contribution >= 0.6 is 23.2 Å². The molecular weight excluding hydrogens is 365 g/mol. The van der Waals surface area contributed by atoms with Crippen LogP contribution in [0.1, 0.15) is 31.7 Å². The van der Waals surface area contributed by atoms with Gasteiger partial charge in [-0.2, -0.15) is 0 Å². The van der Waals surface area contributed by atoms with Crippen LogP contribution in [0.2, 0.25) is 10.0 Å². The number of imide groups is 1. The molecule has 2 saturated heterocycles. The third kappa shape index (κ3) is 3.33. The molecule has 1 aromatic carbocycles. The molecule has 0 aromatic heterocycles. The van der Waals surface area contributed by atoms with Crippen molar-refractivity contribution in [2.75, 3.05) is 19.6 Å². The Hall–Kier alpha value is -1.79. The molecule has 8 heteroatoms. The van der Waals surface area contributed by atoms with Crippen LogP contribution in [0.3, 0.4) is 0 Å². The van der Waals surface area contributed by atoms with Gasteiger partial charge in [-0.1, -0.05) is 29.3 Å². The van der Waals surface area contributed by atoms with E-state index >= 15 is 0 Å². The number of rotatable bonds is 3. The fourth-order valence-electron chi connectivity index (χ4n) is 3.22. The quantitative estimate of drug-likeness (QED) is 0.815. The van der Waals surface area contributed by atoms with Crippen LogP contribution in [0.5, 0.6) is 0 Å². The highest BCUT2D eigenvalue weighted by molar-refractivity contribution is 6.42. The Morgan fingerprint density at radius 3 is 2.48 bits per heavy atom. The molecule has 25 heavy (non-hydrogen) atoms. The first-order chi connectivity index (χ1) is 11.8. The molecule has 134 valence electrons. The summed E-state index contributed by atoms with van der Waals surface area (Å²) in [5.74, 6) is -0.678. The molecule has 0 saturated carbocycles. The number of piperidine rings is 1. The predicted octanol–water partition coefficient (Wildman–Crippen LogP) is 2.77. The highest BCUT2D eigenvalue weighted by Gasteiger charge is 2.49. The van der Waals surface area contributed by atoms with E-state index < -0.39 is 17.5 Å². The van der Waals surface area contributed by atoms with Gasteiger partial charge >= 0.3 is 6.03 Å². The summed E-state index contributed by atoms with van der Waals surface area (Å²) >= 11 is 11.9. The largest absolute Gasteiger partial charge is 0.341 e. The van der Waals surface area contributed by atoms with Crippen LogP contribution in [0.4, 0.5) is 4.79 Å². The van der Waals surface area contributed by atoms with E-state index in [0.717, 1.165) is 24.2 Å². The zero-order valence-electron chi connectivity index (χ0n) is 13.8. The Morgan fingerprint density at radius 2 is 1.84 bits per heavy atom. The smallest absolute Gasteiger partial charge is 0.325 e. The average Bonchev–Trinajstić information content (AvgIpc) is 2.82. The number of amides is 4. The fourth-order valence-corrected chi connectivity index (χ4v) is 3.52. The van der Waals surface area contributed by atoms with Gasteiger partial charge in [-0.3, -0.25) is 14.5 Å². The zero-order valence-corrected chi connectivity index (χ0v) is 15.4. The standard InChI is InChI=1S/C17H19Cl2N3O3/c1-17(11-5-6-12(18)13(19)9-11)15(24)22(16(25)20-17)10-14(23)21-7-3-2-4-8-21/h5-6,9H,2-4,7-8,10H2,1H3,(H,20,25)/t17-/m1/s1. The fraction of sp³-hybridized carbons (Fsp3) is 0.471. The monoisotopic (exact) mass is 383 g/mol. The Morgan fingerprint density at radius 1 is 1.16 bits per heavy atom. The first-order valence-corrected chi connectivity index (χ1v) is 8.96. The Balaban J connectivity index is 1.79. The molecule has 2 aliphatic rings. The number of nitrogens with one attached hydrogen (secondary N) is 1. The van der Waals surface area contributed by atoms with Crippen molar-refractivity contribution in [2.45, 2.75) is 31.7 Å². The van der Waals surface area contributed by atoms with E-state index in [1.165, 1.54) is 0 Å². The van der Waals surface area contributed by atoms with Crippen LogP contribution in [-0.2, 0) is 15.1 Å². The summed E-state index contributed by atoms with van der Waals surface area (Å²) in [7, 11) is 0. The van der Waals surface area contributed by atoms with Gasteiger partial charge < -0.3 is 10.2 Å². The highest BCUT2D eigenvalue weighted by atomic mass is 35.5. The SMILES string of the molecule is C[C@]1(c2ccc(Cl)c(Cl)c2)NC(=O)N(CC(=O)N2CCCCC2)C1=O. The molecule has 4 amide bonds. The van der Waals surface area contributed by atoms with Crippen molar-refractivity contribution in [2.24, 2.45) is 0 Å². The van der Waals surface area contributed by atoms with Gasteiger partial charge in [0.15, 0.2) is 0 Å². The number of hydrogen-bond acceptors (Lipinski definition) is 3. The maximum absolute atomic E-state index is 12.8. The van der Waals surface area contributed by atoms with Gasteiger partial charge in [0.05, 0.1) is 10.0 Å². The first kappa shape index (κ1) is 18.0. The molecule has 0 spiro atoms. The number of halogens is 2. The molecule has 0 radical (unpaired) electrons. The summed E-state index contributed by atoms with van der Waals surface area (Å²) in [6.07, 6.45) is 3.00. The molecule has 0 bridgehead atoms. The Labute approximate surface area is 156 Å². The molecule has 1 aromatic rings. The van der Waals surface area contributed by atoms with E-state index in [9.17, 15) is 14.4 Å². The third-order valence-electron chi connectivity index (χ3n) is 4.77. The molecule has 3 rings (SSSR count). The number of hydrogen-bond donors (Lipinski definition) is 1. The first-order valence-electron chi connectivity index (χ1n) is 8.20. The Bertz CT molecular complexity index is 734. The minimum absolute atomic E-state index is 0.207. The molecule has 0 aliphatic carbocycles. The zero-order chi connectivity index (χ0) is 18.2. The molecule has 0 unspecified atom stereocenters. The highest BCUT2D eigenvalue weighted by Crippen LogP contribution is 2.33. The van der Waals surface area contributed by atoms with Crippen molar-refractivity contribution in [1.82, 2.24) is 15.1 Å². The number of benzene rings is 1. The van der Waals surface area contributed by atoms with E-state index in [1.807, 2.05) is 0 Å². The second kappa shape index (κ2) is 6.84. The molecule has 2 heterocycles. The van der Waals surface area contributed by atoms with E-state index in [4.69, 9.17) is 23.2 Å². The van der Waals surface area contributed by atoms with Gasteiger partial charge in [0.25, 0.3) is 5.91 Å². The molecular formula is C17H19Cl2N3O3. The molecule has 1 N–H and O–H groups in total. The van der Waals surface area contributed by atoms with Crippen LogP contribution in [-0.4, -0.2) is 47.3 Å². The van der Waals surface area contributed by atoms with Gasteiger partial charge in [-0.25, -0.2) is 4.79 Å². The third-order valence-corrected chi connectivity index (χ3v) is 5.51. The van der Waals surface area contributed by atoms with E-state index in [2.05, 4.69) is 5.32 Å². The van der Waals surface area contributed by atoms with Crippen molar-refractivity contribution in [3.8, 4) is 0 Å². The minimum Gasteiger partial charge on any atom is -0.341 e. The summed E-state index contributed by atoms with van der Waals surface area (Å²) < 4.78 is 0. The van der Waals surface area contributed by atoms with Crippen molar-refractivity contribution in [3.05, 3.63) is 33.8 Å². The molecule has 6 nitrogen and oxygen atoms in total. The van der Waals surface area contributed by atoms with Gasteiger partial charge in [0, 0.05) is 13.1 Å². The summed E-state index contributed by atoms with van der Waals surface area (Å²) in [4.78, 5) is 40.2. The van der Waals surface area contributed by atoms with Crippen LogP contribution in [0, 0.1) is 0 Å². The van der Waals surface area contributed by atoms with Gasteiger partial charge in [0.2, 0.25) is 5.91 Å². The molecule has 1 atom stereocenters. The van der Waals surface area contributed by atoms with Crippen LogP contribution < -0.4 is 5.32 Å². The van der Waals surface area contributed by atoms with Crippen LogP contribution in [0.25, 0.3) is 0 Å². The second-order valence-corrected chi connectivity index (χ2v) is 7.33. The van der Waals surface area contributed by atoms with Crippen molar-refractivity contribution in [3.63, 3.8) is 0 Å². The lowest BCUT2D eigenvalue weighted by Crippen LogP contribution is -2.45. The summed E-state index contributed by atoms with van der Waals surface area (Å²) in [6, 6.07) is 4.19. The lowest BCUT2D eigenvalue weighted by molar-refractivity contribution is -0.139. The lowest BCUT2D eigenvalue weighted by atomic mass is 9.92. The number of carbonyl (C=O) groups excluding carboxylic acids is 3. The Kier molecular flexibility index (Phi) is 4.93. The van der Waals surface area contributed by atoms with Crippen molar-refractivity contribution >= 4 is 41.0 Å². The van der Waals surface area contributed by atoms with Gasteiger partial charge in [0.1, 0.15) is 12.1 Å². The van der Waals surface area contributed by atoms with Gasteiger partial charge in [-0.05, 0) is 43.9 Å². The summed E-state index contributed by atoms with van der Waals surface area (Å²) in [6.45, 7) is 2.69. The maximum atomic E-state index is 12.8. The average molecular weight is 384 g/mol. The van der Waals surface area contributed by atoms with E-state index in [-0.39, 0.29) is 12.5 Å². The summed E-state index contributed by atoms with van der Waals surface area (Å²) in [5, 5.41) is 3.33. The number of nitrogens with zero attached hydrogens (tertiary/aromatic N) is 2. The van der Waals surface area contributed by atoms with Gasteiger partial charge in [-0.15, -0.1) is 0 Å². The number of carbonyl (C=O) groups is 3. The second-order valence-electron chi connectivity index (χ2n) is 6.52. The minimum atomic E-state index is -1.27. The maximum Gasteiger partial charge on any atom is 0.325 e. The van der Waals surface area contributed by atoms with Crippen LogP contribution in [0.15, 0.2) is 18.2 Å². The predicted molar refractivity (Wildman–Crippen MR) is 94.5 cm³/mol. The molecule has 2 aliphatic heterocycles. The summed E-state index contributed by atoms with van der Waals surface area (Å²) in [5.41, 5.74) is -0.749. The number of likely N-dealkylation sites (tertiary alicyclic amines) is 1. The topological polar surface area (TPSA) is 69.7 Å². The van der Waals surface area contributed by atoms with Crippen molar-refractivity contribution < 1.29 is 14.4 Å². The molecule has 2 fully saturated rings. The van der Waals surface area contributed by atoms with E-state index in [1.54, 1.807) is 30.0 Å². The lowest BCUT2D eigenvalue weighted by Gasteiger charge is -2.28.